The number of benzene rings is 1. The fourth-order valence-electron chi connectivity index (χ4n) is 2.18. The van der Waals surface area contributed by atoms with Gasteiger partial charge in [0.05, 0.1) is 6.61 Å². The van der Waals surface area contributed by atoms with E-state index in [0.29, 0.717) is 0 Å². The predicted molar refractivity (Wildman–Crippen MR) is 75.6 cm³/mol. The third kappa shape index (κ3) is 4.16. The van der Waals surface area contributed by atoms with Crippen molar-refractivity contribution in [1.29, 1.82) is 0 Å². The zero-order valence-electron chi connectivity index (χ0n) is 10.9. The molecule has 1 fully saturated rings. The van der Waals surface area contributed by atoms with Crippen LogP contribution in [0.4, 0.5) is 0 Å². The second-order valence-electron chi connectivity index (χ2n) is 4.70. The Bertz CT molecular complexity index is 378. The summed E-state index contributed by atoms with van der Waals surface area (Å²) in [5, 5.41) is 4.12. The van der Waals surface area contributed by atoms with Crippen LogP contribution in [0.25, 0.3) is 0 Å². The molecule has 0 atom stereocenters. The maximum atomic E-state index is 5.91. The number of piperazine rings is 1. The molecule has 0 unspecified atom stereocenters. The maximum absolute atomic E-state index is 5.91. The van der Waals surface area contributed by atoms with Gasteiger partial charge in [0, 0.05) is 37.7 Å². The summed E-state index contributed by atoms with van der Waals surface area (Å²) in [4.78, 5) is 2.48. The van der Waals surface area contributed by atoms with Crippen LogP contribution >= 0.6 is 11.6 Å². The van der Waals surface area contributed by atoms with E-state index >= 15 is 0 Å². The molecule has 0 aromatic heterocycles. The molecule has 0 saturated carbocycles. The first-order valence-electron chi connectivity index (χ1n) is 6.58. The number of aryl methyl sites for hydroxylation is 1. The Balaban J connectivity index is 1.68. The molecule has 1 aromatic rings. The highest BCUT2D eigenvalue weighted by Crippen LogP contribution is 2.21. The van der Waals surface area contributed by atoms with Crippen molar-refractivity contribution in [2.45, 2.75) is 13.3 Å². The van der Waals surface area contributed by atoms with Crippen LogP contribution in [0, 0.1) is 6.92 Å². The molecule has 1 saturated heterocycles. The van der Waals surface area contributed by atoms with Gasteiger partial charge in [0.15, 0.2) is 0 Å². The maximum Gasteiger partial charge on any atom is 0.122 e. The van der Waals surface area contributed by atoms with E-state index in [1.165, 1.54) is 0 Å². The van der Waals surface area contributed by atoms with Gasteiger partial charge in [0.25, 0.3) is 0 Å². The minimum Gasteiger partial charge on any atom is -0.493 e. The smallest absolute Gasteiger partial charge is 0.122 e. The van der Waals surface area contributed by atoms with Crippen LogP contribution in [0.1, 0.15) is 12.0 Å². The highest BCUT2D eigenvalue weighted by molar-refractivity contribution is 6.30. The Morgan fingerprint density at radius 1 is 1.33 bits per heavy atom. The molecule has 4 heteroatoms. The van der Waals surface area contributed by atoms with E-state index in [-0.39, 0.29) is 0 Å². The lowest BCUT2D eigenvalue weighted by molar-refractivity contribution is 0.213. The highest BCUT2D eigenvalue weighted by Gasteiger charge is 2.08. The molecule has 1 aromatic carbocycles. The number of hydrogen-bond acceptors (Lipinski definition) is 3. The predicted octanol–water partition coefficient (Wildman–Crippen LogP) is 2.32. The first kappa shape index (κ1) is 13.7. The molecular formula is C14H21ClN2O. The molecule has 3 nitrogen and oxygen atoms in total. The number of hydrogen-bond donors (Lipinski definition) is 1. The first-order valence-corrected chi connectivity index (χ1v) is 6.95. The molecule has 0 radical (unpaired) electrons. The Morgan fingerprint density at radius 3 is 2.83 bits per heavy atom. The van der Waals surface area contributed by atoms with Crippen LogP contribution in [0.15, 0.2) is 18.2 Å². The zero-order valence-corrected chi connectivity index (χ0v) is 11.7. The molecule has 0 bridgehead atoms. The van der Waals surface area contributed by atoms with Gasteiger partial charge in [0.2, 0.25) is 0 Å². The molecule has 18 heavy (non-hydrogen) atoms. The van der Waals surface area contributed by atoms with Gasteiger partial charge in [0.1, 0.15) is 5.75 Å². The first-order chi connectivity index (χ1) is 8.75. The summed E-state index contributed by atoms with van der Waals surface area (Å²) in [5.74, 6) is 0.944. The molecule has 0 spiro atoms. The van der Waals surface area contributed by atoms with Crippen molar-refractivity contribution in [2.24, 2.45) is 0 Å². The normalized spacial score (nSPS) is 16.8. The second-order valence-corrected chi connectivity index (χ2v) is 5.14. The fourth-order valence-corrected chi connectivity index (χ4v) is 2.41. The van der Waals surface area contributed by atoms with Gasteiger partial charge in [-0.1, -0.05) is 11.6 Å². The van der Waals surface area contributed by atoms with E-state index in [1.54, 1.807) is 0 Å². The van der Waals surface area contributed by atoms with Crippen LogP contribution in [0.2, 0.25) is 5.02 Å². The van der Waals surface area contributed by atoms with Crippen molar-refractivity contribution < 1.29 is 4.74 Å². The molecule has 2 rings (SSSR count). The van der Waals surface area contributed by atoms with Gasteiger partial charge in [-0.05, 0) is 37.1 Å². The minimum atomic E-state index is 0.765. The van der Waals surface area contributed by atoms with Crippen molar-refractivity contribution in [3.63, 3.8) is 0 Å². The summed E-state index contributed by atoms with van der Waals surface area (Å²) in [7, 11) is 0. The molecule has 1 heterocycles. The van der Waals surface area contributed by atoms with E-state index in [1.807, 2.05) is 25.1 Å². The number of halogens is 1. The Morgan fingerprint density at radius 2 is 2.11 bits per heavy atom. The summed E-state index contributed by atoms with van der Waals surface area (Å²) in [6.45, 7) is 8.44. The Labute approximate surface area is 114 Å². The number of nitrogens with zero attached hydrogens (tertiary/aromatic N) is 1. The van der Waals surface area contributed by atoms with Crippen molar-refractivity contribution in [2.75, 3.05) is 39.3 Å². The average molecular weight is 269 g/mol. The molecular weight excluding hydrogens is 248 g/mol. The van der Waals surface area contributed by atoms with E-state index < -0.39 is 0 Å². The van der Waals surface area contributed by atoms with E-state index in [9.17, 15) is 0 Å². The summed E-state index contributed by atoms with van der Waals surface area (Å²) >= 11 is 5.91. The molecule has 100 valence electrons. The lowest BCUT2D eigenvalue weighted by Gasteiger charge is -2.27. The van der Waals surface area contributed by atoms with Gasteiger partial charge in [-0.2, -0.15) is 0 Å². The summed E-state index contributed by atoms with van der Waals surface area (Å²) in [6.07, 6.45) is 1.07. The van der Waals surface area contributed by atoms with Crippen LogP contribution in [0.3, 0.4) is 0 Å². The van der Waals surface area contributed by atoms with Crippen molar-refractivity contribution in [3.05, 3.63) is 28.8 Å². The van der Waals surface area contributed by atoms with E-state index in [0.717, 1.165) is 62.1 Å². The molecule has 0 amide bonds. The summed E-state index contributed by atoms with van der Waals surface area (Å²) in [5.41, 5.74) is 1.10. The average Bonchev–Trinajstić information content (AvgIpc) is 2.38. The monoisotopic (exact) mass is 268 g/mol. The second kappa shape index (κ2) is 6.98. The van der Waals surface area contributed by atoms with E-state index in [2.05, 4.69) is 10.2 Å². The quantitative estimate of drug-likeness (QED) is 0.830. The lowest BCUT2D eigenvalue weighted by atomic mass is 10.2. The fraction of sp³-hybridized carbons (Fsp3) is 0.571. The number of nitrogens with one attached hydrogen (secondary N) is 1. The zero-order chi connectivity index (χ0) is 12.8. The van der Waals surface area contributed by atoms with Crippen LogP contribution in [-0.2, 0) is 0 Å². The molecule has 0 aliphatic carbocycles. The lowest BCUT2D eigenvalue weighted by Crippen LogP contribution is -2.43. The topological polar surface area (TPSA) is 24.5 Å². The molecule has 1 aliphatic heterocycles. The van der Waals surface area contributed by atoms with Gasteiger partial charge < -0.3 is 15.0 Å². The molecule has 1 N–H and O–H groups in total. The van der Waals surface area contributed by atoms with Crippen LogP contribution < -0.4 is 10.1 Å². The van der Waals surface area contributed by atoms with Gasteiger partial charge >= 0.3 is 0 Å². The summed E-state index contributed by atoms with van der Waals surface area (Å²) < 4.78 is 5.78. The minimum absolute atomic E-state index is 0.765. The van der Waals surface area contributed by atoms with Crippen molar-refractivity contribution >= 4 is 11.6 Å². The van der Waals surface area contributed by atoms with Gasteiger partial charge in [-0.25, -0.2) is 0 Å². The summed E-state index contributed by atoms with van der Waals surface area (Å²) in [6, 6.07) is 5.76. The Hall–Kier alpha value is -0.770. The van der Waals surface area contributed by atoms with Gasteiger partial charge in [-0.15, -0.1) is 0 Å². The van der Waals surface area contributed by atoms with Crippen molar-refractivity contribution in [3.8, 4) is 5.75 Å². The van der Waals surface area contributed by atoms with Gasteiger partial charge in [-0.3, -0.25) is 0 Å². The third-order valence-corrected chi connectivity index (χ3v) is 3.46. The van der Waals surface area contributed by atoms with E-state index in [4.69, 9.17) is 16.3 Å². The SMILES string of the molecule is Cc1cc(Cl)ccc1OCCCN1CCNCC1. The number of rotatable bonds is 5. The standard InChI is InChI=1S/C14H21ClN2O/c1-12-11-13(15)3-4-14(12)18-10-2-7-17-8-5-16-6-9-17/h3-4,11,16H,2,5-10H2,1H3. The number of ether oxygens (including phenoxy) is 1. The largest absolute Gasteiger partial charge is 0.493 e. The Kier molecular flexibility index (Phi) is 5.29. The molecule has 1 aliphatic rings. The van der Waals surface area contributed by atoms with Crippen LogP contribution in [-0.4, -0.2) is 44.2 Å². The third-order valence-electron chi connectivity index (χ3n) is 3.22. The van der Waals surface area contributed by atoms with Crippen LogP contribution in [0.5, 0.6) is 5.75 Å². The van der Waals surface area contributed by atoms with Crippen molar-refractivity contribution in [1.82, 2.24) is 10.2 Å². The highest BCUT2D eigenvalue weighted by atomic mass is 35.5.